The van der Waals surface area contributed by atoms with Gasteiger partial charge in [-0.3, -0.25) is 5.10 Å². The highest BCUT2D eigenvalue weighted by Gasteiger charge is 2.37. The zero-order valence-electron chi connectivity index (χ0n) is 18.5. The van der Waals surface area contributed by atoms with Crippen LogP contribution in [0.3, 0.4) is 0 Å². The van der Waals surface area contributed by atoms with Crippen LogP contribution in [-0.2, 0) is 6.42 Å². The van der Waals surface area contributed by atoms with E-state index in [0.717, 1.165) is 47.2 Å². The molecular weight excluding hydrogens is 374 g/mol. The van der Waals surface area contributed by atoms with Gasteiger partial charge < -0.3 is 10.4 Å². The number of hydrogen-bond acceptors (Lipinski definition) is 5. The van der Waals surface area contributed by atoms with Crippen molar-refractivity contribution in [2.24, 2.45) is 5.92 Å². The summed E-state index contributed by atoms with van der Waals surface area (Å²) in [5.74, 6) is 0.774. The Morgan fingerprint density at radius 2 is 1.77 bits per heavy atom. The Morgan fingerprint density at radius 1 is 1.03 bits per heavy atom. The lowest BCUT2D eigenvalue weighted by atomic mass is 9.74. The quantitative estimate of drug-likeness (QED) is 0.588. The molecule has 0 bridgehead atoms. The molecule has 3 aromatic rings. The summed E-state index contributed by atoms with van der Waals surface area (Å²) in [5.41, 5.74) is 5.49. The van der Waals surface area contributed by atoms with Crippen molar-refractivity contribution in [3.8, 4) is 28.1 Å². The Labute approximate surface area is 178 Å². The molecule has 1 aliphatic heterocycles. The molecule has 0 aliphatic carbocycles. The number of phenolic OH excluding ortho intramolecular Hbond substituents is 1. The van der Waals surface area contributed by atoms with E-state index in [0.29, 0.717) is 11.6 Å². The van der Waals surface area contributed by atoms with E-state index in [1.165, 1.54) is 0 Å². The summed E-state index contributed by atoms with van der Waals surface area (Å²) in [6.45, 7) is 11.1. The number of H-pyrrole nitrogens is 1. The topological polar surface area (TPSA) is 86.7 Å². The minimum absolute atomic E-state index is 0.124. The average molecular weight is 406 g/mol. The third-order valence-corrected chi connectivity index (χ3v) is 5.89. The second-order valence-electron chi connectivity index (χ2n) is 9.96. The predicted molar refractivity (Wildman–Crippen MR) is 119 cm³/mol. The van der Waals surface area contributed by atoms with Gasteiger partial charge in [0.2, 0.25) is 0 Å². The van der Waals surface area contributed by atoms with Crippen LogP contribution in [-0.4, -0.2) is 36.6 Å². The lowest BCUT2D eigenvalue weighted by molar-refractivity contribution is 0.128. The SMILES string of the molecule is Cc1cc(-c2cn[nH]c2)cc(O)c1-c1ccc(CC2CC(C)(C)NC(C)(C)C2)nn1. The third-order valence-electron chi connectivity index (χ3n) is 5.89. The fourth-order valence-electron chi connectivity index (χ4n) is 5.25. The van der Waals surface area contributed by atoms with E-state index in [9.17, 15) is 5.11 Å². The standard InChI is InChI=1S/C24H31N5O/c1-15-8-17(18-13-25-26-14-18)10-21(30)22(15)20-7-6-19(27-28-20)9-16-11-23(2,3)29-24(4,5)12-16/h6-8,10,13-14,16,29-30H,9,11-12H2,1-5H3,(H,25,26). The highest BCUT2D eigenvalue weighted by Crippen LogP contribution is 2.37. The van der Waals surface area contributed by atoms with Gasteiger partial charge in [-0.1, -0.05) is 6.07 Å². The highest BCUT2D eigenvalue weighted by molar-refractivity contribution is 5.76. The molecule has 4 rings (SSSR count). The summed E-state index contributed by atoms with van der Waals surface area (Å²) in [6, 6.07) is 7.81. The second-order valence-corrected chi connectivity index (χ2v) is 9.96. The number of aromatic nitrogens is 4. The summed E-state index contributed by atoms with van der Waals surface area (Å²) < 4.78 is 0. The van der Waals surface area contributed by atoms with Crippen molar-refractivity contribution in [1.29, 1.82) is 0 Å². The van der Waals surface area contributed by atoms with Crippen molar-refractivity contribution in [2.45, 2.75) is 65.0 Å². The van der Waals surface area contributed by atoms with Crippen molar-refractivity contribution < 1.29 is 5.11 Å². The second kappa shape index (κ2) is 7.51. The normalized spacial score (nSPS) is 18.4. The number of piperidine rings is 1. The maximum Gasteiger partial charge on any atom is 0.125 e. The summed E-state index contributed by atoms with van der Waals surface area (Å²) in [7, 11) is 0. The van der Waals surface area contributed by atoms with E-state index in [-0.39, 0.29) is 16.8 Å². The largest absolute Gasteiger partial charge is 0.507 e. The summed E-state index contributed by atoms with van der Waals surface area (Å²) in [6.07, 6.45) is 6.72. The Bertz CT molecular complexity index is 983. The first-order valence-corrected chi connectivity index (χ1v) is 10.6. The zero-order chi connectivity index (χ0) is 21.5. The molecular formula is C24H31N5O. The molecule has 0 saturated carbocycles. The van der Waals surface area contributed by atoms with Gasteiger partial charge in [0.15, 0.2) is 0 Å². The Morgan fingerprint density at radius 3 is 2.33 bits per heavy atom. The fourth-order valence-corrected chi connectivity index (χ4v) is 5.25. The molecule has 2 aromatic heterocycles. The molecule has 30 heavy (non-hydrogen) atoms. The molecule has 1 fully saturated rings. The van der Waals surface area contributed by atoms with Crippen LogP contribution in [0.4, 0.5) is 0 Å². The molecule has 0 radical (unpaired) electrons. The molecule has 3 heterocycles. The van der Waals surface area contributed by atoms with Crippen LogP contribution in [0, 0.1) is 12.8 Å². The van der Waals surface area contributed by atoms with Gasteiger partial charge in [0.25, 0.3) is 0 Å². The highest BCUT2D eigenvalue weighted by atomic mass is 16.3. The summed E-state index contributed by atoms with van der Waals surface area (Å²) in [5, 5.41) is 30.1. The fraction of sp³-hybridized carbons (Fsp3) is 0.458. The number of aryl methyl sites for hydroxylation is 1. The van der Waals surface area contributed by atoms with E-state index in [1.807, 2.05) is 31.3 Å². The van der Waals surface area contributed by atoms with Crippen LogP contribution in [0.2, 0.25) is 0 Å². The molecule has 158 valence electrons. The number of hydrogen-bond donors (Lipinski definition) is 3. The van der Waals surface area contributed by atoms with E-state index >= 15 is 0 Å². The lowest BCUT2D eigenvalue weighted by Gasteiger charge is -2.46. The average Bonchev–Trinajstić information content (AvgIpc) is 3.14. The van der Waals surface area contributed by atoms with Crippen molar-refractivity contribution in [2.75, 3.05) is 0 Å². The van der Waals surface area contributed by atoms with E-state index in [2.05, 4.69) is 53.4 Å². The van der Waals surface area contributed by atoms with Gasteiger partial charge in [-0.2, -0.15) is 15.3 Å². The van der Waals surface area contributed by atoms with Gasteiger partial charge in [-0.05, 0) is 89.1 Å². The van der Waals surface area contributed by atoms with E-state index in [4.69, 9.17) is 0 Å². The smallest absolute Gasteiger partial charge is 0.125 e. The summed E-state index contributed by atoms with van der Waals surface area (Å²) >= 11 is 0. The third kappa shape index (κ3) is 4.38. The van der Waals surface area contributed by atoms with Crippen LogP contribution in [0.5, 0.6) is 5.75 Å². The van der Waals surface area contributed by atoms with Crippen molar-refractivity contribution in [3.63, 3.8) is 0 Å². The monoisotopic (exact) mass is 405 g/mol. The molecule has 1 aliphatic rings. The van der Waals surface area contributed by atoms with Crippen LogP contribution >= 0.6 is 0 Å². The maximum atomic E-state index is 10.7. The molecule has 6 heteroatoms. The van der Waals surface area contributed by atoms with Gasteiger partial charge >= 0.3 is 0 Å². The number of aromatic amines is 1. The van der Waals surface area contributed by atoms with E-state index in [1.54, 1.807) is 12.3 Å². The molecule has 1 saturated heterocycles. The Kier molecular flexibility index (Phi) is 5.14. The number of nitrogens with one attached hydrogen (secondary N) is 2. The minimum atomic E-state index is 0.124. The first-order valence-electron chi connectivity index (χ1n) is 10.6. The molecule has 3 N–H and O–H groups in total. The molecule has 0 amide bonds. The summed E-state index contributed by atoms with van der Waals surface area (Å²) in [4.78, 5) is 0. The van der Waals surface area contributed by atoms with Crippen molar-refractivity contribution in [1.82, 2.24) is 25.7 Å². The number of nitrogens with zero attached hydrogens (tertiary/aromatic N) is 3. The van der Waals surface area contributed by atoms with Crippen LogP contribution in [0.1, 0.15) is 51.8 Å². The molecule has 1 aromatic carbocycles. The number of rotatable bonds is 4. The molecule has 0 spiro atoms. The Hall–Kier alpha value is -2.73. The van der Waals surface area contributed by atoms with E-state index < -0.39 is 0 Å². The van der Waals surface area contributed by atoms with Crippen LogP contribution < -0.4 is 5.32 Å². The zero-order valence-corrected chi connectivity index (χ0v) is 18.5. The van der Waals surface area contributed by atoms with Crippen molar-refractivity contribution >= 4 is 0 Å². The van der Waals surface area contributed by atoms with Gasteiger partial charge in [0.1, 0.15) is 5.75 Å². The first-order chi connectivity index (χ1) is 14.1. The molecule has 0 atom stereocenters. The van der Waals surface area contributed by atoms with Gasteiger partial charge in [0.05, 0.1) is 17.6 Å². The van der Waals surface area contributed by atoms with Crippen molar-refractivity contribution in [3.05, 3.63) is 47.9 Å². The molecule has 6 nitrogen and oxygen atoms in total. The maximum absolute atomic E-state index is 10.7. The predicted octanol–water partition coefficient (Wildman–Crippen LogP) is 4.65. The lowest BCUT2D eigenvalue weighted by Crippen LogP contribution is -2.58. The first kappa shape index (κ1) is 20.5. The van der Waals surface area contributed by atoms with Gasteiger partial charge in [0, 0.05) is 28.4 Å². The minimum Gasteiger partial charge on any atom is -0.507 e. The number of benzene rings is 1. The van der Waals surface area contributed by atoms with Crippen LogP contribution in [0.25, 0.3) is 22.4 Å². The van der Waals surface area contributed by atoms with Crippen LogP contribution in [0.15, 0.2) is 36.7 Å². The van der Waals surface area contributed by atoms with Gasteiger partial charge in [-0.25, -0.2) is 0 Å². The molecule has 0 unspecified atom stereocenters. The Balaban J connectivity index is 1.54. The number of phenols is 1. The van der Waals surface area contributed by atoms with Gasteiger partial charge in [-0.15, -0.1) is 0 Å². The number of aromatic hydroxyl groups is 1.